The Hall–Kier alpha value is -2.40. The normalized spacial score (nSPS) is 10.7. The number of fused-ring (bicyclic) bond motifs is 1. The van der Waals surface area contributed by atoms with E-state index >= 15 is 0 Å². The van der Waals surface area contributed by atoms with E-state index in [1.807, 2.05) is 36.5 Å². The first kappa shape index (κ1) is 13.6. The lowest BCUT2D eigenvalue weighted by Gasteiger charge is -2.07. The maximum Gasteiger partial charge on any atom is 0.270 e. The van der Waals surface area contributed by atoms with E-state index in [1.54, 1.807) is 16.9 Å². The van der Waals surface area contributed by atoms with Gasteiger partial charge in [0.1, 0.15) is 5.69 Å². The van der Waals surface area contributed by atoms with Crippen molar-refractivity contribution in [1.82, 2.24) is 20.1 Å². The van der Waals surface area contributed by atoms with Gasteiger partial charge in [0.05, 0.1) is 17.1 Å². The van der Waals surface area contributed by atoms with Crippen LogP contribution in [-0.4, -0.2) is 27.2 Å². The summed E-state index contributed by atoms with van der Waals surface area (Å²) in [5.41, 5.74) is 1.03. The summed E-state index contributed by atoms with van der Waals surface area (Å²) in [6.45, 7) is 1.09. The monoisotopic (exact) mass is 300 g/mol. The quantitative estimate of drug-likeness (QED) is 0.805. The zero-order valence-corrected chi connectivity index (χ0v) is 11.9. The third-order valence-corrected chi connectivity index (χ3v) is 3.40. The number of carbonyl (C=O) groups excluding carboxylic acids is 1. The van der Waals surface area contributed by atoms with Crippen molar-refractivity contribution < 1.29 is 4.79 Å². The van der Waals surface area contributed by atoms with Gasteiger partial charge in [-0.15, -0.1) is 0 Å². The molecule has 106 valence electrons. The molecule has 2 heterocycles. The van der Waals surface area contributed by atoms with Crippen molar-refractivity contribution in [3.8, 4) is 0 Å². The zero-order chi connectivity index (χ0) is 14.7. The molecule has 0 atom stereocenters. The van der Waals surface area contributed by atoms with Crippen molar-refractivity contribution in [3.63, 3.8) is 0 Å². The number of carbonyl (C=O) groups is 1. The van der Waals surface area contributed by atoms with Crippen LogP contribution >= 0.6 is 11.6 Å². The second-order valence-corrected chi connectivity index (χ2v) is 4.94. The van der Waals surface area contributed by atoms with E-state index in [0.717, 1.165) is 5.39 Å². The summed E-state index contributed by atoms with van der Waals surface area (Å²) >= 11 is 6.19. The van der Waals surface area contributed by atoms with Crippen molar-refractivity contribution >= 4 is 28.4 Å². The van der Waals surface area contributed by atoms with Crippen LogP contribution in [0.15, 0.2) is 48.8 Å². The molecule has 0 unspecified atom stereocenters. The molecule has 1 N–H and O–H groups in total. The van der Waals surface area contributed by atoms with E-state index in [1.165, 1.54) is 0 Å². The summed E-state index contributed by atoms with van der Waals surface area (Å²) in [5, 5.41) is 8.24. The van der Waals surface area contributed by atoms with Crippen LogP contribution in [0.1, 0.15) is 10.5 Å². The molecule has 5 nitrogen and oxygen atoms in total. The Morgan fingerprint density at radius 2 is 2.14 bits per heavy atom. The van der Waals surface area contributed by atoms with E-state index in [2.05, 4.69) is 15.4 Å². The number of para-hydroxylation sites is 1. The summed E-state index contributed by atoms with van der Waals surface area (Å²) in [6, 6.07) is 10.9. The maximum atomic E-state index is 12.1. The third kappa shape index (κ3) is 3.03. The Bertz CT molecular complexity index is 770. The van der Waals surface area contributed by atoms with Gasteiger partial charge in [0, 0.05) is 24.3 Å². The van der Waals surface area contributed by atoms with E-state index in [4.69, 9.17) is 11.6 Å². The van der Waals surface area contributed by atoms with Crippen LogP contribution in [-0.2, 0) is 6.54 Å². The van der Waals surface area contributed by atoms with Gasteiger partial charge in [-0.05, 0) is 18.2 Å². The van der Waals surface area contributed by atoms with Gasteiger partial charge in [-0.2, -0.15) is 5.10 Å². The highest BCUT2D eigenvalue weighted by Crippen LogP contribution is 2.22. The van der Waals surface area contributed by atoms with E-state index in [0.29, 0.717) is 29.3 Å². The number of nitrogens with zero attached hydrogens (tertiary/aromatic N) is 3. The summed E-state index contributed by atoms with van der Waals surface area (Å²) < 4.78 is 1.75. The van der Waals surface area contributed by atoms with Gasteiger partial charge in [0.15, 0.2) is 0 Å². The molecule has 0 spiro atoms. The number of hydrogen-bond donors (Lipinski definition) is 1. The number of rotatable bonds is 4. The Morgan fingerprint density at radius 1 is 1.29 bits per heavy atom. The van der Waals surface area contributed by atoms with Crippen molar-refractivity contribution in [3.05, 3.63) is 59.5 Å². The molecule has 0 aliphatic carbocycles. The van der Waals surface area contributed by atoms with Crippen molar-refractivity contribution in [2.75, 3.05) is 6.54 Å². The Morgan fingerprint density at radius 3 is 2.95 bits per heavy atom. The molecule has 3 aromatic rings. The molecule has 6 heteroatoms. The maximum absolute atomic E-state index is 12.1. The number of amides is 1. The van der Waals surface area contributed by atoms with Crippen LogP contribution in [0.3, 0.4) is 0 Å². The second kappa shape index (κ2) is 5.93. The van der Waals surface area contributed by atoms with Gasteiger partial charge in [0.2, 0.25) is 0 Å². The van der Waals surface area contributed by atoms with Gasteiger partial charge >= 0.3 is 0 Å². The predicted molar refractivity (Wildman–Crippen MR) is 81.3 cm³/mol. The van der Waals surface area contributed by atoms with Gasteiger partial charge in [-0.25, -0.2) is 4.98 Å². The topological polar surface area (TPSA) is 59.8 Å². The Labute approximate surface area is 126 Å². The standard InChI is InChI=1S/C15H13ClN4O/c16-12-10-14(19-13-5-2-1-4-11(12)13)15(21)17-7-9-20-8-3-6-18-20/h1-6,8,10H,7,9H2,(H,17,21). The lowest BCUT2D eigenvalue weighted by molar-refractivity contribution is 0.0947. The molecule has 0 bridgehead atoms. The Balaban J connectivity index is 1.72. The molecule has 1 aromatic carbocycles. The van der Waals surface area contributed by atoms with E-state index < -0.39 is 0 Å². The van der Waals surface area contributed by atoms with Crippen molar-refractivity contribution in [2.24, 2.45) is 0 Å². The summed E-state index contributed by atoms with van der Waals surface area (Å²) in [7, 11) is 0. The van der Waals surface area contributed by atoms with Gasteiger partial charge < -0.3 is 5.32 Å². The molecule has 1 amide bonds. The highest BCUT2D eigenvalue weighted by Gasteiger charge is 2.10. The second-order valence-electron chi connectivity index (χ2n) is 4.53. The van der Waals surface area contributed by atoms with Crippen LogP contribution in [0.5, 0.6) is 0 Å². The average Bonchev–Trinajstić information content (AvgIpc) is 3.00. The van der Waals surface area contributed by atoms with Crippen molar-refractivity contribution in [2.45, 2.75) is 6.54 Å². The van der Waals surface area contributed by atoms with Crippen LogP contribution in [0.25, 0.3) is 10.9 Å². The molecule has 0 fully saturated rings. The van der Waals surface area contributed by atoms with E-state index in [-0.39, 0.29) is 5.91 Å². The summed E-state index contributed by atoms with van der Waals surface area (Å²) in [5.74, 6) is -0.241. The number of halogens is 1. The minimum absolute atomic E-state index is 0.241. The SMILES string of the molecule is O=C(NCCn1cccn1)c1cc(Cl)c2ccccc2n1. The van der Waals surface area contributed by atoms with Crippen molar-refractivity contribution in [1.29, 1.82) is 0 Å². The number of benzene rings is 1. The lowest BCUT2D eigenvalue weighted by Crippen LogP contribution is -2.28. The smallest absolute Gasteiger partial charge is 0.270 e. The molecule has 0 saturated carbocycles. The van der Waals surface area contributed by atoms with Gasteiger partial charge in [0.25, 0.3) is 5.91 Å². The zero-order valence-electron chi connectivity index (χ0n) is 11.2. The van der Waals surface area contributed by atoms with Crippen LogP contribution in [0.2, 0.25) is 5.02 Å². The molecular weight excluding hydrogens is 288 g/mol. The molecular formula is C15H13ClN4O. The average molecular weight is 301 g/mol. The summed E-state index contributed by atoms with van der Waals surface area (Å²) in [6.07, 6.45) is 3.55. The number of hydrogen-bond acceptors (Lipinski definition) is 3. The van der Waals surface area contributed by atoms with Crippen LogP contribution in [0.4, 0.5) is 0 Å². The molecule has 2 aromatic heterocycles. The third-order valence-electron chi connectivity index (χ3n) is 3.08. The van der Waals surface area contributed by atoms with E-state index in [9.17, 15) is 4.79 Å². The fourth-order valence-electron chi connectivity index (χ4n) is 2.06. The first-order valence-corrected chi connectivity index (χ1v) is 6.93. The fraction of sp³-hybridized carbons (Fsp3) is 0.133. The Kier molecular flexibility index (Phi) is 3.83. The lowest BCUT2D eigenvalue weighted by atomic mass is 10.2. The van der Waals surface area contributed by atoms with Crippen LogP contribution in [0, 0.1) is 0 Å². The molecule has 0 radical (unpaired) electrons. The minimum atomic E-state index is -0.241. The number of pyridine rings is 1. The first-order chi connectivity index (χ1) is 10.2. The minimum Gasteiger partial charge on any atom is -0.349 e. The molecule has 21 heavy (non-hydrogen) atoms. The fourth-order valence-corrected chi connectivity index (χ4v) is 2.32. The van der Waals surface area contributed by atoms with Gasteiger partial charge in [-0.1, -0.05) is 29.8 Å². The van der Waals surface area contributed by atoms with Gasteiger partial charge in [-0.3, -0.25) is 9.48 Å². The first-order valence-electron chi connectivity index (χ1n) is 6.55. The molecule has 0 aliphatic rings. The van der Waals surface area contributed by atoms with Crippen LogP contribution < -0.4 is 5.32 Å². The largest absolute Gasteiger partial charge is 0.349 e. The number of nitrogens with one attached hydrogen (secondary N) is 1. The predicted octanol–water partition coefficient (Wildman–Crippen LogP) is 2.51. The highest BCUT2D eigenvalue weighted by atomic mass is 35.5. The molecule has 0 aliphatic heterocycles. The summed E-state index contributed by atoms with van der Waals surface area (Å²) in [4.78, 5) is 16.4. The number of aromatic nitrogens is 3. The molecule has 3 rings (SSSR count). The highest BCUT2D eigenvalue weighted by molar-refractivity contribution is 6.35. The molecule has 0 saturated heterocycles.